The highest BCUT2D eigenvalue weighted by atomic mass is 35.5. The van der Waals surface area contributed by atoms with E-state index in [1.165, 1.54) is 0 Å². The Labute approximate surface area is 192 Å². The fourth-order valence-corrected chi connectivity index (χ4v) is 4.13. The molecule has 8 heteroatoms. The Morgan fingerprint density at radius 1 is 1.00 bits per heavy atom. The molecule has 0 bridgehead atoms. The first-order valence-corrected chi connectivity index (χ1v) is 11.3. The van der Waals surface area contributed by atoms with Gasteiger partial charge < -0.3 is 0 Å². The fourth-order valence-electron chi connectivity index (χ4n) is 3.73. The number of aromatic nitrogens is 3. The van der Waals surface area contributed by atoms with Gasteiger partial charge in [-0.2, -0.15) is 5.06 Å². The Morgan fingerprint density at radius 3 is 2.52 bits per heavy atom. The molecule has 0 unspecified atom stereocenters. The molecule has 0 saturated carbocycles. The molecule has 0 aliphatic carbocycles. The molecule has 0 N–H and O–H groups in total. The average molecular weight is 458 g/mol. The Kier molecular flexibility index (Phi) is 7.02. The molecule has 1 aromatic heterocycles. The minimum atomic E-state index is 0.330. The molecule has 4 rings (SSSR count). The number of benzene rings is 2. The van der Waals surface area contributed by atoms with Gasteiger partial charge in [-0.25, -0.2) is 0 Å². The van der Waals surface area contributed by atoms with Crippen molar-refractivity contribution in [3.63, 3.8) is 0 Å². The Balaban J connectivity index is 1.74. The van der Waals surface area contributed by atoms with Crippen LogP contribution in [-0.2, 0) is 18.0 Å². The average Bonchev–Trinajstić information content (AvgIpc) is 3.09. The monoisotopic (exact) mass is 457 g/mol. The number of aliphatic imine (C=N–C) groups is 1. The Bertz CT molecular complexity index is 1090. The lowest BCUT2D eigenvalue weighted by Gasteiger charge is -2.20. The predicted octanol–water partition coefficient (Wildman–Crippen LogP) is 5.48. The maximum Gasteiger partial charge on any atom is 0.165 e. The van der Waals surface area contributed by atoms with Gasteiger partial charge >= 0.3 is 0 Å². The van der Waals surface area contributed by atoms with Gasteiger partial charge in [0.15, 0.2) is 11.6 Å². The molecule has 2 aromatic carbocycles. The van der Waals surface area contributed by atoms with Gasteiger partial charge in [-0.3, -0.25) is 14.4 Å². The maximum atomic E-state index is 6.50. The highest BCUT2D eigenvalue weighted by Gasteiger charge is 2.24. The van der Waals surface area contributed by atoms with Crippen molar-refractivity contribution in [2.24, 2.45) is 4.99 Å². The summed E-state index contributed by atoms with van der Waals surface area (Å²) in [7, 11) is 0. The number of fused-ring (bicyclic) bond motifs is 3. The minimum absolute atomic E-state index is 0.330. The zero-order valence-electron chi connectivity index (χ0n) is 17.7. The molecule has 0 spiro atoms. The van der Waals surface area contributed by atoms with Crippen molar-refractivity contribution < 1.29 is 4.84 Å². The van der Waals surface area contributed by atoms with Crippen LogP contribution in [-0.4, -0.2) is 38.6 Å². The molecule has 0 fully saturated rings. The first-order valence-electron chi connectivity index (χ1n) is 10.5. The van der Waals surface area contributed by atoms with E-state index >= 15 is 0 Å². The summed E-state index contributed by atoms with van der Waals surface area (Å²) in [6, 6.07) is 13.4. The van der Waals surface area contributed by atoms with Crippen LogP contribution in [0.15, 0.2) is 47.5 Å². The van der Waals surface area contributed by atoms with Crippen molar-refractivity contribution in [3.8, 4) is 5.69 Å². The molecule has 6 nitrogen and oxygen atoms in total. The molecule has 0 radical (unpaired) electrons. The summed E-state index contributed by atoms with van der Waals surface area (Å²) in [5.41, 5.74) is 3.45. The second kappa shape index (κ2) is 9.92. The quantitative estimate of drug-likeness (QED) is 0.420. The van der Waals surface area contributed by atoms with Crippen LogP contribution in [0.25, 0.3) is 5.69 Å². The van der Waals surface area contributed by atoms with E-state index in [4.69, 9.17) is 33.0 Å². The molecule has 31 heavy (non-hydrogen) atoms. The van der Waals surface area contributed by atoms with Gasteiger partial charge in [0.25, 0.3) is 0 Å². The molecule has 0 saturated heterocycles. The van der Waals surface area contributed by atoms with Gasteiger partial charge in [0, 0.05) is 34.3 Å². The van der Waals surface area contributed by atoms with Crippen LogP contribution in [0.5, 0.6) is 0 Å². The first-order chi connectivity index (χ1) is 15.1. The highest BCUT2D eigenvalue weighted by molar-refractivity contribution is 6.36. The van der Waals surface area contributed by atoms with Gasteiger partial charge in [-0.05, 0) is 37.1 Å². The third-order valence-electron chi connectivity index (χ3n) is 5.08. The van der Waals surface area contributed by atoms with Crippen molar-refractivity contribution in [2.45, 2.75) is 39.8 Å². The van der Waals surface area contributed by atoms with Crippen LogP contribution in [0.2, 0.25) is 10.0 Å². The van der Waals surface area contributed by atoms with E-state index in [1.807, 2.05) is 52.1 Å². The van der Waals surface area contributed by atoms with Crippen LogP contribution >= 0.6 is 23.2 Å². The van der Waals surface area contributed by atoms with Crippen LogP contribution < -0.4 is 0 Å². The van der Waals surface area contributed by atoms with E-state index in [-0.39, 0.29) is 0 Å². The third-order valence-corrected chi connectivity index (χ3v) is 5.65. The molecular weight excluding hydrogens is 433 g/mol. The fraction of sp³-hybridized carbons (Fsp3) is 0.348. The second-order valence-corrected chi connectivity index (χ2v) is 8.22. The van der Waals surface area contributed by atoms with E-state index in [2.05, 4.69) is 24.0 Å². The van der Waals surface area contributed by atoms with Crippen molar-refractivity contribution >= 4 is 28.9 Å². The number of halogens is 2. The lowest BCUT2D eigenvalue weighted by Crippen LogP contribution is -2.26. The maximum absolute atomic E-state index is 6.50. The highest BCUT2D eigenvalue weighted by Crippen LogP contribution is 2.30. The van der Waals surface area contributed by atoms with E-state index in [9.17, 15) is 0 Å². The van der Waals surface area contributed by atoms with Crippen LogP contribution in [0.3, 0.4) is 0 Å². The number of hydroxylamine groups is 2. The summed E-state index contributed by atoms with van der Waals surface area (Å²) in [6.45, 7) is 6.75. The summed E-state index contributed by atoms with van der Waals surface area (Å²) in [6.07, 6.45) is 2.04. The molecule has 162 valence electrons. The van der Waals surface area contributed by atoms with Gasteiger partial charge in [0.1, 0.15) is 13.2 Å². The van der Waals surface area contributed by atoms with E-state index in [0.29, 0.717) is 23.2 Å². The summed E-state index contributed by atoms with van der Waals surface area (Å²) in [5, 5.41) is 12.1. The van der Waals surface area contributed by atoms with Crippen molar-refractivity contribution in [2.75, 3.05) is 13.1 Å². The van der Waals surface area contributed by atoms with Crippen LogP contribution in [0.4, 0.5) is 0 Å². The molecule has 0 amide bonds. The topological polar surface area (TPSA) is 55.5 Å². The minimum Gasteiger partial charge on any atom is -0.291 e. The summed E-state index contributed by atoms with van der Waals surface area (Å²) in [5.74, 6) is 1.48. The van der Waals surface area contributed by atoms with Gasteiger partial charge in [0.2, 0.25) is 0 Å². The first kappa shape index (κ1) is 22.0. The Hall–Kier alpha value is -2.25. The summed E-state index contributed by atoms with van der Waals surface area (Å²) in [4.78, 5) is 10.9. The van der Waals surface area contributed by atoms with Crippen LogP contribution in [0.1, 0.15) is 49.5 Å². The van der Waals surface area contributed by atoms with Gasteiger partial charge in [-0.15, -0.1) is 10.2 Å². The molecular formula is C23H25Cl2N5O. The standard InChI is InChI=1S/C23H25Cl2N5O/c1-3-11-29(12-4-2)31-15-22-28-27-21-14-26-23(17-7-5-6-8-19(17)25)18-13-16(24)9-10-20(18)30(21)22/h5-10,13H,3-4,11-12,14-15H2,1-2H3. The lowest BCUT2D eigenvalue weighted by molar-refractivity contribution is -0.171. The normalized spacial score (nSPS) is 13.0. The smallest absolute Gasteiger partial charge is 0.165 e. The molecule has 3 aromatic rings. The zero-order chi connectivity index (χ0) is 21.8. The van der Waals surface area contributed by atoms with E-state index in [1.54, 1.807) is 0 Å². The number of hydrogen-bond donors (Lipinski definition) is 0. The predicted molar refractivity (Wildman–Crippen MR) is 124 cm³/mol. The third kappa shape index (κ3) is 4.67. The largest absolute Gasteiger partial charge is 0.291 e. The summed E-state index contributed by atoms with van der Waals surface area (Å²) < 4.78 is 2.02. The van der Waals surface area contributed by atoms with Gasteiger partial charge in [-0.1, -0.05) is 55.2 Å². The SMILES string of the molecule is CCCN(CCC)OCc1nnc2n1-c1ccc(Cl)cc1C(c1ccccc1Cl)=NC2. The second-order valence-electron chi connectivity index (χ2n) is 7.38. The zero-order valence-corrected chi connectivity index (χ0v) is 19.2. The number of hydrogen-bond acceptors (Lipinski definition) is 5. The molecule has 0 atom stereocenters. The van der Waals surface area contributed by atoms with Gasteiger partial charge in [0.05, 0.1) is 11.4 Å². The van der Waals surface area contributed by atoms with E-state index < -0.39 is 0 Å². The molecule has 1 aliphatic heterocycles. The van der Waals surface area contributed by atoms with Crippen molar-refractivity contribution in [3.05, 3.63) is 75.3 Å². The lowest BCUT2D eigenvalue weighted by atomic mass is 10.0. The molecule has 2 heterocycles. The number of rotatable bonds is 8. The van der Waals surface area contributed by atoms with E-state index in [0.717, 1.165) is 60.1 Å². The van der Waals surface area contributed by atoms with Crippen molar-refractivity contribution in [1.29, 1.82) is 0 Å². The molecule has 1 aliphatic rings. The van der Waals surface area contributed by atoms with Crippen LogP contribution in [0, 0.1) is 0 Å². The Morgan fingerprint density at radius 2 is 1.77 bits per heavy atom. The van der Waals surface area contributed by atoms with Crippen molar-refractivity contribution in [1.82, 2.24) is 19.8 Å². The number of nitrogens with zero attached hydrogens (tertiary/aromatic N) is 5. The summed E-state index contributed by atoms with van der Waals surface area (Å²) >= 11 is 12.9.